The van der Waals surface area contributed by atoms with Crippen molar-refractivity contribution >= 4 is 0 Å². The van der Waals surface area contributed by atoms with Crippen LogP contribution in [0.5, 0.6) is 0 Å². The van der Waals surface area contributed by atoms with Gasteiger partial charge in [-0.2, -0.15) is 0 Å². The van der Waals surface area contributed by atoms with Crippen LogP contribution in [0.4, 0.5) is 0 Å². The number of hydrogen-bond donors (Lipinski definition) is 2. The Labute approximate surface area is 120 Å². The van der Waals surface area contributed by atoms with E-state index in [1.807, 2.05) is 30.3 Å². The van der Waals surface area contributed by atoms with E-state index in [4.69, 9.17) is 19.7 Å². The maximum atomic E-state index is 9.90. The lowest BCUT2D eigenvalue weighted by Crippen LogP contribution is -2.60. The second-order valence-corrected chi connectivity index (χ2v) is 4.93. The largest absolute Gasteiger partial charge is 0.387 e. The average molecular weight is 293 g/mol. The Morgan fingerprint density at radius 3 is 2.67 bits per heavy atom. The number of aliphatic hydroxyl groups is 2. The summed E-state index contributed by atoms with van der Waals surface area (Å²) in [5.41, 5.74) is 9.45. The standard InChI is InChI=1S/C13H15N3O5/c14-16-15-9-10(17)12(18)20-8-6-19-13(21-11(8)9)7-4-2-1-3-5-7/h1-5,8-13,17-18H,6H2/t8?,9-,10?,11+,12?,13?/m1/s1. The predicted octanol–water partition coefficient (Wildman–Crippen LogP) is 0.858. The molecule has 8 heteroatoms. The first kappa shape index (κ1) is 14.3. The summed E-state index contributed by atoms with van der Waals surface area (Å²) in [6, 6.07) is 8.36. The number of fused-ring (bicyclic) bond motifs is 1. The number of aliphatic hydroxyl groups excluding tert-OH is 2. The van der Waals surface area contributed by atoms with Crippen molar-refractivity contribution in [3.63, 3.8) is 0 Å². The summed E-state index contributed by atoms with van der Waals surface area (Å²) in [5, 5.41) is 23.1. The molecule has 0 aromatic heterocycles. The van der Waals surface area contributed by atoms with Crippen LogP contribution in [0, 0.1) is 0 Å². The molecule has 0 radical (unpaired) electrons. The Bertz CT molecular complexity index is 536. The van der Waals surface area contributed by atoms with Gasteiger partial charge in [-0.25, -0.2) is 0 Å². The average Bonchev–Trinajstić information content (AvgIpc) is 2.52. The summed E-state index contributed by atoms with van der Waals surface area (Å²) in [4.78, 5) is 2.71. The van der Waals surface area contributed by atoms with Crippen molar-refractivity contribution in [1.29, 1.82) is 0 Å². The zero-order valence-electron chi connectivity index (χ0n) is 11.0. The van der Waals surface area contributed by atoms with Crippen molar-refractivity contribution in [2.24, 2.45) is 5.11 Å². The monoisotopic (exact) mass is 293 g/mol. The van der Waals surface area contributed by atoms with E-state index < -0.39 is 36.9 Å². The molecule has 6 atom stereocenters. The minimum absolute atomic E-state index is 0.172. The molecular weight excluding hydrogens is 278 g/mol. The molecule has 2 N–H and O–H groups in total. The predicted molar refractivity (Wildman–Crippen MR) is 69.8 cm³/mol. The second-order valence-electron chi connectivity index (χ2n) is 4.93. The fraction of sp³-hybridized carbons (Fsp3) is 0.538. The smallest absolute Gasteiger partial charge is 0.184 e. The molecule has 1 aromatic rings. The van der Waals surface area contributed by atoms with Gasteiger partial charge in [0, 0.05) is 10.5 Å². The Morgan fingerprint density at radius 2 is 1.95 bits per heavy atom. The SMILES string of the molecule is [N-]=[N+]=N[C@@H]1C(O)C(O)OC2COC(c3ccccc3)O[C@@H]21. The molecule has 0 saturated carbocycles. The molecule has 0 aliphatic carbocycles. The molecule has 1 aromatic carbocycles. The van der Waals surface area contributed by atoms with Gasteiger partial charge in [0.15, 0.2) is 12.6 Å². The summed E-state index contributed by atoms with van der Waals surface area (Å²) >= 11 is 0. The summed E-state index contributed by atoms with van der Waals surface area (Å²) < 4.78 is 16.6. The fourth-order valence-corrected chi connectivity index (χ4v) is 2.57. The lowest BCUT2D eigenvalue weighted by atomic mass is 9.96. The van der Waals surface area contributed by atoms with Gasteiger partial charge in [-0.15, -0.1) is 0 Å². The maximum Gasteiger partial charge on any atom is 0.184 e. The topological polar surface area (TPSA) is 117 Å². The number of rotatable bonds is 2. The van der Waals surface area contributed by atoms with Gasteiger partial charge in [-0.05, 0) is 5.53 Å². The highest BCUT2D eigenvalue weighted by Crippen LogP contribution is 2.34. The second kappa shape index (κ2) is 5.98. The Balaban J connectivity index is 1.82. The number of benzene rings is 1. The summed E-state index contributed by atoms with van der Waals surface area (Å²) in [6.07, 6.45) is -4.68. The van der Waals surface area contributed by atoms with Gasteiger partial charge in [0.1, 0.15) is 18.3 Å². The molecule has 21 heavy (non-hydrogen) atoms. The lowest BCUT2D eigenvalue weighted by molar-refractivity contribution is -0.334. The first-order valence-corrected chi connectivity index (χ1v) is 6.58. The molecule has 4 unspecified atom stereocenters. The molecular formula is C13H15N3O5. The van der Waals surface area contributed by atoms with Gasteiger partial charge >= 0.3 is 0 Å². The fourth-order valence-electron chi connectivity index (χ4n) is 2.57. The van der Waals surface area contributed by atoms with Crippen LogP contribution in [0.15, 0.2) is 35.4 Å². The van der Waals surface area contributed by atoms with Crippen LogP contribution in [0.2, 0.25) is 0 Å². The van der Waals surface area contributed by atoms with Crippen molar-refractivity contribution in [1.82, 2.24) is 0 Å². The van der Waals surface area contributed by atoms with E-state index in [1.54, 1.807) is 0 Å². The molecule has 2 fully saturated rings. The molecule has 2 saturated heterocycles. The van der Waals surface area contributed by atoms with Crippen LogP contribution < -0.4 is 0 Å². The lowest BCUT2D eigenvalue weighted by Gasteiger charge is -2.45. The quantitative estimate of drug-likeness (QED) is 0.476. The van der Waals surface area contributed by atoms with E-state index in [0.717, 1.165) is 5.56 Å². The van der Waals surface area contributed by atoms with E-state index in [-0.39, 0.29) is 6.61 Å². The number of hydrogen-bond acceptors (Lipinski definition) is 6. The first-order chi connectivity index (χ1) is 10.2. The highest BCUT2D eigenvalue weighted by Gasteiger charge is 2.48. The minimum atomic E-state index is -1.43. The summed E-state index contributed by atoms with van der Waals surface area (Å²) in [5.74, 6) is 0. The number of ether oxygens (including phenoxy) is 3. The van der Waals surface area contributed by atoms with Crippen molar-refractivity contribution < 1.29 is 24.4 Å². The van der Waals surface area contributed by atoms with E-state index in [1.165, 1.54) is 0 Å². The van der Waals surface area contributed by atoms with Gasteiger partial charge in [-0.3, -0.25) is 0 Å². The molecule has 8 nitrogen and oxygen atoms in total. The van der Waals surface area contributed by atoms with Crippen LogP contribution in [-0.4, -0.2) is 47.5 Å². The molecule has 2 aliphatic heterocycles. The van der Waals surface area contributed by atoms with Gasteiger partial charge in [-0.1, -0.05) is 35.4 Å². The normalized spacial score (nSPS) is 39.1. The first-order valence-electron chi connectivity index (χ1n) is 6.58. The minimum Gasteiger partial charge on any atom is -0.387 e. The van der Waals surface area contributed by atoms with Crippen molar-refractivity contribution in [3.8, 4) is 0 Å². The van der Waals surface area contributed by atoms with Gasteiger partial charge in [0.05, 0.1) is 12.6 Å². The van der Waals surface area contributed by atoms with Gasteiger partial charge in [0.2, 0.25) is 0 Å². The van der Waals surface area contributed by atoms with Gasteiger partial charge in [0.25, 0.3) is 0 Å². The van der Waals surface area contributed by atoms with Crippen LogP contribution in [0.1, 0.15) is 11.9 Å². The number of nitrogens with zero attached hydrogens (tertiary/aromatic N) is 3. The highest BCUT2D eigenvalue weighted by molar-refractivity contribution is 5.16. The van der Waals surface area contributed by atoms with E-state index in [9.17, 15) is 10.2 Å². The third-order valence-electron chi connectivity index (χ3n) is 3.61. The molecule has 3 rings (SSSR count). The van der Waals surface area contributed by atoms with Crippen LogP contribution >= 0.6 is 0 Å². The third kappa shape index (κ3) is 2.73. The molecule has 2 heterocycles. The molecule has 0 amide bonds. The molecule has 2 aliphatic rings. The Kier molecular flexibility index (Phi) is 4.07. The Hall–Kier alpha value is -1.67. The van der Waals surface area contributed by atoms with E-state index in [0.29, 0.717) is 0 Å². The van der Waals surface area contributed by atoms with Crippen molar-refractivity contribution in [2.45, 2.75) is 36.9 Å². The van der Waals surface area contributed by atoms with Crippen LogP contribution in [-0.2, 0) is 14.2 Å². The molecule has 0 spiro atoms. The Morgan fingerprint density at radius 1 is 1.19 bits per heavy atom. The van der Waals surface area contributed by atoms with Crippen LogP contribution in [0.3, 0.4) is 0 Å². The summed E-state index contributed by atoms with van der Waals surface area (Å²) in [7, 11) is 0. The zero-order chi connectivity index (χ0) is 14.8. The highest BCUT2D eigenvalue weighted by atomic mass is 16.7. The van der Waals surface area contributed by atoms with E-state index in [2.05, 4.69) is 10.0 Å². The van der Waals surface area contributed by atoms with Crippen LogP contribution in [0.25, 0.3) is 10.4 Å². The molecule has 0 bridgehead atoms. The van der Waals surface area contributed by atoms with E-state index >= 15 is 0 Å². The summed E-state index contributed by atoms with van der Waals surface area (Å²) in [6.45, 7) is 0.172. The van der Waals surface area contributed by atoms with Crippen molar-refractivity contribution in [3.05, 3.63) is 46.3 Å². The van der Waals surface area contributed by atoms with Crippen molar-refractivity contribution in [2.75, 3.05) is 6.61 Å². The zero-order valence-corrected chi connectivity index (χ0v) is 11.0. The molecule has 112 valence electrons. The third-order valence-corrected chi connectivity index (χ3v) is 3.61. The maximum absolute atomic E-state index is 9.90. The number of azide groups is 1. The van der Waals surface area contributed by atoms with Gasteiger partial charge < -0.3 is 24.4 Å².